The van der Waals surface area contributed by atoms with E-state index in [0.29, 0.717) is 6.61 Å². The molecule has 1 aliphatic heterocycles. The molecule has 116 valence electrons. The number of hydrogen-bond acceptors (Lipinski definition) is 5. The molecule has 1 heterocycles. The second-order valence-electron chi connectivity index (χ2n) is 5.54. The summed E-state index contributed by atoms with van der Waals surface area (Å²) < 4.78 is 5.69. The smallest absolute Gasteiger partial charge is 0.269 e. The third kappa shape index (κ3) is 3.78. The Balaban J connectivity index is 2.19. The fourth-order valence-corrected chi connectivity index (χ4v) is 2.85. The number of hydrogen-bond donors (Lipinski definition) is 1. The Bertz CT molecular complexity index is 493. The van der Waals surface area contributed by atoms with Gasteiger partial charge in [-0.25, -0.2) is 0 Å². The van der Waals surface area contributed by atoms with E-state index in [9.17, 15) is 10.1 Å². The van der Waals surface area contributed by atoms with Crippen molar-refractivity contribution in [2.75, 3.05) is 19.7 Å². The van der Waals surface area contributed by atoms with E-state index >= 15 is 0 Å². The summed E-state index contributed by atoms with van der Waals surface area (Å²) in [6.45, 7) is 6.28. The maximum atomic E-state index is 10.9. The van der Waals surface area contributed by atoms with Crippen LogP contribution in [0.1, 0.15) is 31.9 Å². The summed E-state index contributed by atoms with van der Waals surface area (Å²) in [5.74, 6) is 0. The third-order valence-electron chi connectivity index (χ3n) is 4.00. The Morgan fingerprint density at radius 1 is 1.57 bits per heavy atom. The van der Waals surface area contributed by atoms with Gasteiger partial charge in [-0.05, 0) is 18.9 Å². The van der Waals surface area contributed by atoms with Gasteiger partial charge in [0, 0.05) is 37.3 Å². The van der Waals surface area contributed by atoms with E-state index in [4.69, 9.17) is 10.5 Å². The molecular formula is C15H23N3O3. The molecule has 2 rings (SSSR count). The molecule has 1 aromatic rings. The van der Waals surface area contributed by atoms with Crippen LogP contribution in [0, 0.1) is 10.1 Å². The molecule has 0 radical (unpaired) electrons. The number of morpholine rings is 1. The van der Waals surface area contributed by atoms with Gasteiger partial charge in [0.25, 0.3) is 5.69 Å². The Labute approximate surface area is 125 Å². The summed E-state index contributed by atoms with van der Waals surface area (Å²) in [4.78, 5) is 12.9. The van der Waals surface area contributed by atoms with E-state index in [1.807, 2.05) is 13.0 Å². The number of nitrogens with zero attached hydrogens (tertiary/aromatic N) is 2. The fourth-order valence-electron chi connectivity index (χ4n) is 2.85. The normalized spacial score (nSPS) is 22.7. The van der Waals surface area contributed by atoms with Crippen LogP contribution < -0.4 is 5.73 Å². The summed E-state index contributed by atoms with van der Waals surface area (Å²) in [6.07, 6.45) is 0.916. The number of ether oxygens (including phenoxy) is 1. The van der Waals surface area contributed by atoms with Crippen molar-refractivity contribution in [1.82, 2.24) is 4.90 Å². The summed E-state index contributed by atoms with van der Waals surface area (Å²) >= 11 is 0. The van der Waals surface area contributed by atoms with Crippen LogP contribution in [0.25, 0.3) is 0 Å². The van der Waals surface area contributed by atoms with Crippen molar-refractivity contribution < 1.29 is 9.66 Å². The fraction of sp³-hybridized carbons (Fsp3) is 0.600. The Morgan fingerprint density at radius 2 is 2.33 bits per heavy atom. The number of nitrogens with two attached hydrogens (primary N) is 1. The summed E-state index contributed by atoms with van der Waals surface area (Å²) in [5, 5.41) is 10.9. The van der Waals surface area contributed by atoms with Gasteiger partial charge in [0.1, 0.15) is 0 Å². The van der Waals surface area contributed by atoms with Crippen LogP contribution in [-0.2, 0) is 4.74 Å². The molecule has 6 heteroatoms. The Morgan fingerprint density at radius 3 is 2.95 bits per heavy atom. The Hall–Kier alpha value is -1.50. The molecule has 1 saturated heterocycles. The summed E-state index contributed by atoms with van der Waals surface area (Å²) in [6, 6.07) is 7.05. The molecule has 0 bridgehead atoms. The molecule has 3 atom stereocenters. The highest BCUT2D eigenvalue weighted by Crippen LogP contribution is 2.28. The highest BCUT2D eigenvalue weighted by Gasteiger charge is 2.28. The van der Waals surface area contributed by atoms with Crippen LogP contribution in [-0.4, -0.2) is 41.7 Å². The minimum Gasteiger partial charge on any atom is -0.374 e. The van der Waals surface area contributed by atoms with Crippen molar-refractivity contribution in [2.45, 2.75) is 38.5 Å². The number of non-ortho nitro benzene ring substituents is 1. The molecule has 0 saturated carbocycles. The number of benzene rings is 1. The van der Waals surface area contributed by atoms with Crippen LogP contribution in [0.2, 0.25) is 0 Å². The lowest BCUT2D eigenvalue weighted by molar-refractivity contribution is -0.385. The van der Waals surface area contributed by atoms with Crippen LogP contribution in [0.4, 0.5) is 5.69 Å². The molecule has 1 fully saturated rings. The van der Waals surface area contributed by atoms with Crippen LogP contribution >= 0.6 is 0 Å². The van der Waals surface area contributed by atoms with E-state index in [0.717, 1.165) is 25.1 Å². The van der Waals surface area contributed by atoms with Crippen molar-refractivity contribution in [2.24, 2.45) is 5.73 Å². The molecular weight excluding hydrogens is 270 g/mol. The van der Waals surface area contributed by atoms with Crippen LogP contribution in [0.15, 0.2) is 24.3 Å². The first kappa shape index (κ1) is 15.9. The van der Waals surface area contributed by atoms with Crippen LogP contribution in [0.5, 0.6) is 0 Å². The average Bonchev–Trinajstić information content (AvgIpc) is 2.48. The zero-order chi connectivity index (χ0) is 15.4. The van der Waals surface area contributed by atoms with Crippen molar-refractivity contribution in [3.05, 3.63) is 39.9 Å². The predicted octanol–water partition coefficient (Wildman–Crippen LogP) is 2.09. The first-order valence-corrected chi connectivity index (χ1v) is 7.38. The second kappa shape index (κ2) is 6.98. The Kier molecular flexibility index (Phi) is 5.27. The minimum absolute atomic E-state index is 0.0181. The second-order valence-corrected chi connectivity index (χ2v) is 5.54. The number of nitro benzene ring substituents is 1. The maximum absolute atomic E-state index is 10.9. The lowest BCUT2D eigenvalue weighted by Crippen LogP contribution is -2.50. The van der Waals surface area contributed by atoms with Gasteiger partial charge in [-0.3, -0.25) is 15.0 Å². The van der Waals surface area contributed by atoms with Gasteiger partial charge in [0.05, 0.1) is 17.6 Å². The molecule has 0 aromatic heterocycles. The molecule has 3 unspecified atom stereocenters. The molecule has 0 amide bonds. The van der Waals surface area contributed by atoms with Crippen molar-refractivity contribution >= 4 is 5.69 Å². The molecule has 2 N–H and O–H groups in total. The van der Waals surface area contributed by atoms with Gasteiger partial charge in [-0.15, -0.1) is 0 Å². The average molecular weight is 293 g/mol. The molecule has 0 spiro atoms. The van der Waals surface area contributed by atoms with Crippen molar-refractivity contribution in [3.63, 3.8) is 0 Å². The van der Waals surface area contributed by atoms with E-state index in [2.05, 4.69) is 11.8 Å². The summed E-state index contributed by atoms with van der Waals surface area (Å²) in [5.41, 5.74) is 7.06. The van der Waals surface area contributed by atoms with Gasteiger partial charge in [-0.1, -0.05) is 19.1 Å². The summed E-state index contributed by atoms with van der Waals surface area (Å²) in [7, 11) is 0. The molecule has 6 nitrogen and oxygen atoms in total. The zero-order valence-corrected chi connectivity index (χ0v) is 12.6. The standard InChI is InChI=1S/C15H23N3O3/c1-3-14(12-5-4-6-13(9-12)18(19)20)17-7-8-21-15(10-17)11(2)16/h4-6,9,11,14-15H,3,7-8,10,16H2,1-2H3. The number of rotatable bonds is 5. The largest absolute Gasteiger partial charge is 0.374 e. The molecule has 1 aromatic carbocycles. The van der Waals surface area contributed by atoms with Gasteiger partial charge in [-0.2, -0.15) is 0 Å². The molecule has 0 aliphatic carbocycles. The van der Waals surface area contributed by atoms with Crippen LogP contribution in [0.3, 0.4) is 0 Å². The molecule has 1 aliphatic rings. The first-order valence-electron chi connectivity index (χ1n) is 7.38. The third-order valence-corrected chi connectivity index (χ3v) is 4.00. The highest BCUT2D eigenvalue weighted by atomic mass is 16.6. The number of nitro groups is 1. The predicted molar refractivity (Wildman–Crippen MR) is 81.1 cm³/mol. The van der Waals surface area contributed by atoms with Gasteiger partial charge in [0.2, 0.25) is 0 Å². The maximum Gasteiger partial charge on any atom is 0.269 e. The van der Waals surface area contributed by atoms with Gasteiger partial charge in [0.15, 0.2) is 0 Å². The monoisotopic (exact) mass is 293 g/mol. The van der Waals surface area contributed by atoms with Crippen molar-refractivity contribution in [3.8, 4) is 0 Å². The lowest BCUT2D eigenvalue weighted by atomic mass is 10.00. The highest BCUT2D eigenvalue weighted by molar-refractivity contribution is 5.35. The first-order chi connectivity index (χ1) is 10.0. The molecule has 21 heavy (non-hydrogen) atoms. The van der Waals surface area contributed by atoms with E-state index < -0.39 is 0 Å². The van der Waals surface area contributed by atoms with E-state index in [-0.39, 0.29) is 28.8 Å². The lowest BCUT2D eigenvalue weighted by Gasteiger charge is -2.39. The van der Waals surface area contributed by atoms with Crippen molar-refractivity contribution in [1.29, 1.82) is 0 Å². The van der Waals surface area contributed by atoms with Gasteiger partial charge >= 0.3 is 0 Å². The van der Waals surface area contributed by atoms with Gasteiger partial charge < -0.3 is 10.5 Å². The topological polar surface area (TPSA) is 81.6 Å². The minimum atomic E-state index is -0.347. The van der Waals surface area contributed by atoms with E-state index in [1.165, 1.54) is 6.07 Å². The zero-order valence-electron chi connectivity index (χ0n) is 12.6. The quantitative estimate of drug-likeness (QED) is 0.664. The SMILES string of the molecule is CCC(c1cccc([N+](=O)[O-])c1)N1CCOC(C(C)N)C1. The van der Waals surface area contributed by atoms with E-state index in [1.54, 1.807) is 12.1 Å².